The van der Waals surface area contributed by atoms with Gasteiger partial charge in [-0.1, -0.05) is 24.3 Å². The average Bonchev–Trinajstić information content (AvgIpc) is 2.06. The van der Waals surface area contributed by atoms with E-state index in [2.05, 4.69) is 12.1 Å². The van der Waals surface area contributed by atoms with Gasteiger partial charge >= 0.3 is 0 Å². The maximum atomic E-state index is 5.82. The zero-order valence-corrected chi connectivity index (χ0v) is 6.29. The van der Waals surface area contributed by atoms with Crippen molar-refractivity contribution in [2.75, 3.05) is 6.61 Å². The molecule has 0 spiro atoms. The summed E-state index contributed by atoms with van der Waals surface area (Å²) < 4.78 is 5.28. The molecule has 0 saturated carbocycles. The normalized spacial score (nSPS) is 22.8. The van der Waals surface area contributed by atoms with Gasteiger partial charge in [-0.05, 0) is 11.1 Å². The van der Waals surface area contributed by atoms with Crippen molar-refractivity contribution in [1.29, 1.82) is 0 Å². The lowest BCUT2D eigenvalue weighted by atomic mass is 10.0. The molecular formula is C9H11NO. The Labute approximate surface area is 66.0 Å². The highest BCUT2D eigenvalue weighted by Crippen LogP contribution is 2.21. The van der Waals surface area contributed by atoms with Crippen molar-refractivity contribution >= 4 is 0 Å². The summed E-state index contributed by atoms with van der Waals surface area (Å²) in [4.78, 5) is 0. The van der Waals surface area contributed by atoms with E-state index in [0.29, 0.717) is 13.2 Å². The second kappa shape index (κ2) is 2.64. The van der Waals surface area contributed by atoms with E-state index in [1.54, 1.807) is 0 Å². The molecule has 0 fully saturated rings. The largest absolute Gasteiger partial charge is 0.375 e. The van der Waals surface area contributed by atoms with E-state index < -0.39 is 0 Å². The fourth-order valence-electron chi connectivity index (χ4n) is 1.41. The molecule has 1 heterocycles. The molecule has 0 amide bonds. The fourth-order valence-corrected chi connectivity index (χ4v) is 1.41. The van der Waals surface area contributed by atoms with E-state index in [9.17, 15) is 0 Å². The molecule has 0 aromatic heterocycles. The first-order valence-corrected chi connectivity index (χ1v) is 3.79. The SMILES string of the molecule is NC1COCc2ccccc21. The Balaban J connectivity index is 2.44. The Morgan fingerprint density at radius 2 is 2.18 bits per heavy atom. The predicted octanol–water partition coefficient (Wildman–Crippen LogP) is 1.22. The zero-order chi connectivity index (χ0) is 7.68. The number of benzene rings is 1. The van der Waals surface area contributed by atoms with Crippen molar-refractivity contribution in [1.82, 2.24) is 0 Å². The smallest absolute Gasteiger partial charge is 0.0721 e. The predicted molar refractivity (Wildman–Crippen MR) is 43.0 cm³/mol. The van der Waals surface area contributed by atoms with Crippen LogP contribution in [0.1, 0.15) is 17.2 Å². The van der Waals surface area contributed by atoms with Crippen LogP contribution in [0.4, 0.5) is 0 Å². The van der Waals surface area contributed by atoms with Gasteiger partial charge in [-0.15, -0.1) is 0 Å². The number of nitrogens with two attached hydrogens (primary N) is 1. The van der Waals surface area contributed by atoms with Crippen molar-refractivity contribution in [2.24, 2.45) is 5.73 Å². The van der Waals surface area contributed by atoms with Crippen LogP contribution in [0, 0.1) is 0 Å². The molecule has 1 aromatic carbocycles. The molecule has 0 saturated heterocycles. The summed E-state index contributed by atoms with van der Waals surface area (Å²) in [5, 5.41) is 0. The first-order valence-electron chi connectivity index (χ1n) is 3.79. The quantitative estimate of drug-likeness (QED) is 0.602. The van der Waals surface area contributed by atoms with Gasteiger partial charge in [-0.3, -0.25) is 0 Å². The minimum atomic E-state index is 0.0694. The molecule has 1 atom stereocenters. The van der Waals surface area contributed by atoms with Crippen LogP contribution in [0.2, 0.25) is 0 Å². The number of fused-ring (bicyclic) bond motifs is 1. The third kappa shape index (κ3) is 1.15. The lowest BCUT2D eigenvalue weighted by molar-refractivity contribution is 0.0924. The van der Waals surface area contributed by atoms with E-state index in [0.717, 1.165) is 0 Å². The number of rotatable bonds is 0. The molecule has 2 N–H and O–H groups in total. The molecule has 0 radical (unpaired) electrons. The van der Waals surface area contributed by atoms with Crippen LogP contribution in [0.15, 0.2) is 24.3 Å². The molecule has 58 valence electrons. The number of ether oxygens (including phenoxy) is 1. The highest BCUT2D eigenvalue weighted by atomic mass is 16.5. The lowest BCUT2D eigenvalue weighted by Crippen LogP contribution is -2.23. The van der Waals surface area contributed by atoms with Gasteiger partial charge in [-0.25, -0.2) is 0 Å². The molecule has 1 aliphatic rings. The minimum Gasteiger partial charge on any atom is -0.375 e. The summed E-state index contributed by atoms with van der Waals surface area (Å²) >= 11 is 0. The third-order valence-electron chi connectivity index (χ3n) is 2.01. The van der Waals surface area contributed by atoms with Crippen molar-refractivity contribution in [3.8, 4) is 0 Å². The Hall–Kier alpha value is -0.860. The van der Waals surface area contributed by atoms with Gasteiger partial charge in [0.15, 0.2) is 0 Å². The van der Waals surface area contributed by atoms with E-state index in [-0.39, 0.29) is 6.04 Å². The van der Waals surface area contributed by atoms with Crippen LogP contribution in [-0.2, 0) is 11.3 Å². The van der Waals surface area contributed by atoms with Gasteiger partial charge in [0.25, 0.3) is 0 Å². The van der Waals surface area contributed by atoms with Gasteiger partial charge < -0.3 is 10.5 Å². The summed E-state index contributed by atoms with van der Waals surface area (Å²) in [6, 6.07) is 8.24. The highest BCUT2D eigenvalue weighted by Gasteiger charge is 2.15. The van der Waals surface area contributed by atoms with E-state index >= 15 is 0 Å². The standard InChI is InChI=1S/C9H11NO/c10-9-6-11-5-7-3-1-2-4-8(7)9/h1-4,9H,5-6,10H2. The second-order valence-electron chi connectivity index (χ2n) is 2.82. The third-order valence-corrected chi connectivity index (χ3v) is 2.01. The van der Waals surface area contributed by atoms with Crippen LogP contribution in [0.25, 0.3) is 0 Å². The van der Waals surface area contributed by atoms with Crippen LogP contribution in [-0.4, -0.2) is 6.61 Å². The summed E-state index contributed by atoms with van der Waals surface area (Å²) in [6.45, 7) is 1.36. The van der Waals surface area contributed by atoms with Crippen LogP contribution in [0.5, 0.6) is 0 Å². The molecule has 1 aliphatic heterocycles. The monoisotopic (exact) mass is 149 g/mol. The van der Waals surface area contributed by atoms with E-state index in [1.165, 1.54) is 11.1 Å². The van der Waals surface area contributed by atoms with Gasteiger partial charge in [0.2, 0.25) is 0 Å². The summed E-state index contributed by atoms with van der Waals surface area (Å²) in [6.07, 6.45) is 0. The van der Waals surface area contributed by atoms with Crippen molar-refractivity contribution < 1.29 is 4.74 Å². The van der Waals surface area contributed by atoms with Crippen LogP contribution < -0.4 is 5.73 Å². The first-order chi connectivity index (χ1) is 5.38. The van der Waals surface area contributed by atoms with Gasteiger partial charge in [-0.2, -0.15) is 0 Å². The van der Waals surface area contributed by atoms with Gasteiger partial charge in [0.1, 0.15) is 0 Å². The van der Waals surface area contributed by atoms with Crippen LogP contribution >= 0.6 is 0 Å². The fraction of sp³-hybridized carbons (Fsp3) is 0.333. The summed E-state index contributed by atoms with van der Waals surface area (Å²) in [5.74, 6) is 0. The molecule has 0 bridgehead atoms. The molecule has 11 heavy (non-hydrogen) atoms. The van der Waals surface area contributed by atoms with Crippen molar-refractivity contribution in [3.63, 3.8) is 0 Å². The minimum absolute atomic E-state index is 0.0694. The summed E-state index contributed by atoms with van der Waals surface area (Å²) in [5.41, 5.74) is 8.28. The maximum Gasteiger partial charge on any atom is 0.0721 e. The number of hydrogen-bond acceptors (Lipinski definition) is 2. The molecule has 1 aromatic rings. The van der Waals surface area contributed by atoms with Crippen molar-refractivity contribution in [3.05, 3.63) is 35.4 Å². The van der Waals surface area contributed by atoms with Crippen molar-refractivity contribution in [2.45, 2.75) is 12.6 Å². The highest BCUT2D eigenvalue weighted by molar-refractivity contribution is 5.30. The zero-order valence-electron chi connectivity index (χ0n) is 6.29. The average molecular weight is 149 g/mol. The molecule has 0 aliphatic carbocycles. The first kappa shape index (κ1) is 6.83. The van der Waals surface area contributed by atoms with Gasteiger partial charge in [0.05, 0.1) is 19.3 Å². The molecule has 1 unspecified atom stereocenters. The maximum absolute atomic E-state index is 5.82. The van der Waals surface area contributed by atoms with Crippen LogP contribution in [0.3, 0.4) is 0 Å². The van der Waals surface area contributed by atoms with E-state index in [4.69, 9.17) is 10.5 Å². The Morgan fingerprint density at radius 3 is 3.00 bits per heavy atom. The second-order valence-corrected chi connectivity index (χ2v) is 2.82. The Morgan fingerprint density at radius 1 is 1.36 bits per heavy atom. The summed E-state index contributed by atoms with van der Waals surface area (Å²) in [7, 11) is 0. The number of hydrogen-bond donors (Lipinski definition) is 1. The van der Waals surface area contributed by atoms with E-state index in [1.807, 2.05) is 12.1 Å². The molecule has 2 nitrogen and oxygen atoms in total. The molecule has 2 rings (SSSR count). The Bertz CT molecular complexity index is 259. The lowest BCUT2D eigenvalue weighted by Gasteiger charge is -2.21. The topological polar surface area (TPSA) is 35.2 Å². The molecule has 2 heteroatoms. The Kier molecular flexibility index (Phi) is 1.64. The molecular weight excluding hydrogens is 138 g/mol. The van der Waals surface area contributed by atoms with Gasteiger partial charge in [0, 0.05) is 0 Å².